The van der Waals surface area contributed by atoms with Crippen molar-refractivity contribution in [3.05, 3.63) is 0 Å². The maximum atomic E-state index is 13.2. The Labute approximate surface area is 185 Å². The van der Waals surface area contributed by atoms with E-state index in [4.69, 9.17) is 9.47 Å². The SMILES string of the molecule is CC(C)C(C)CC(NC(=O)N1CCOCC1)C(=O)NC1C(=O)COC1CN1CCCC1. The average Bonchev–Trinajstić information content (AvgIpc) is 3.39. The second kappa shape index (κ2) is 11.2. The molecule has 0 aromatic carbocycles. The molecule has 9 nitrogen and oxygen atoms in total. The Morgan fingerprint density at radius 2 is 1.77 bits per heavy atom. The van der Waals surface area contributed by atoms with E-state index in [2.05, 4.69) is 36.3 Å². The molecular weight excluding hydrogens is 400 g/mol. The van der Waals surface area contributed by atoms with Gasteiger partial charge in [0.15, 0.2) is 5.78 Å². The number of nitrogens with zero attached hydrogens (tertiary/aromatic N) is 2. The van der Waals surface area contributed by atoms with Crippen LogP contribution in [-0.4, -0.2) is 98.3 Å². The third-order valence-corrected chi connectivity index (χ3v) is 6.75. The predicted octanol–water partition coefficient (Wildman–Crippen LogP) is 0.628. The van der Waals surface area contributed by atoms with Gasteiger partial charge in [-0.1, -0.05) is 20.8 Å². The molecule has 0 aromatic rings. The topological polar surface area (TPSA) is 100 Å². The van der Waals surface area contributed by atoms with E-state index in [1.165, 1.54) is 0 Å². The lowest BCUT2D eigenvalue weighted by Crippen LogP contribution is -2.57. The number of carbonyl (C=O) groups is 3. The zero-order valence-corrected chi connectivity index (χ0v) is 19.1. The quantitative estimate of drug-likeness (QED) is 0.577. The van der Waals surface area contributed by atoms with Crippen molar-refractivity contribution in [2.24, 2.45) is 11.8 Å². The first-order chi connectivity index (χ1) is 14.8. The van der Waals surface area contributed by atoms with Crippen molar-refractivity contribution in [2.75, 3.05) is 52.5 Å². The van der Waals surface area contributed by atoms with E-state index in [0.29, 0.717) is 45.2 Å². The number of likely N-dealkylation sites (tertiary alicyclic amines) is 1. The predicted molar refractivity (Wildman–Crippen MR) is 116 cm³/mol. The van der Waals surface area contributed by atoms with Crippen LogP contribution in [0.3, 0.4) is 0 Å². The summed E-state index contributed by atoms with van der Waals surface area (Å²) in [5.74, 6) is 0.184. The van der Waals surface area contributed by atoms with Crippen LogP contribution in [0.25, 0.3) is 0 Å². The summed E-state index contributed by atoms with van der Waals surface area (Å²) in [6.07, 6.45) is 2.48. The minimum atomic E-state index is -0.700. The van der Waals surface area contributed by atoms with Gasteiger partial charge < -0.3 is 29.9 Å². The first-order valence-corrected chi connectivity index (χ1v) is 11.7. The Balaban J connectivity index is 1.64. The number of hydrogen-bond acceptors (Lipinski definition) is 6. The van der Waals surface area contributed by atoms with E-state index in [-0.39, 0.29) is 36.4 Å². The van der Waals surface area contributed by atoms with Gasteiger partial charge in [-0.2, -0.15) is 0 Å². The fraction of sp³-hybridized carbons (Fsp3) is 0.864. The maximum Gasteiger partial charge on any atom is 0.318 e. The summed E-state index contributed by atoms with van der Waals surface area (Å²) in [7, 11) is 0. The van der Waals surface area contributed by atoms with Gasteiger partial charge in [-0.05, 0) is 44.2 Å². The first-order valence-electron chi connectivity index (χ1n) is 11.7. The van der Waals surface area contributed by atoms with E-state index in [1.807, 2.05) is 0 Å². The highest BCUT2D eigenvalue weighted by molar-refractivity contribution is 5.94. The molecule has 0 saturated carbocycles. The Morgan fingerprint density at radius 3 is 2.42 bits per heavy atom. The van der Waals surface area contributed by atoms with Gasteiger partial charge in [0.05, 0.1) is 19.3 Å². The molecule has 4 unspecified atom stereocenters. The molecule has 0 aliphatic carbocycles. The van der Waals surface area contributed by atoms with Crippen LogP contribution in [0.5, 0.6) is 0 Å². The van der Waals surface area contributed by atoms with E-state index >= 15 is 0 Å². The summed E-state index contributed by atoms with van der Waals surface area (Å²) in [5, 5.41) is 5.81. The van der Waals surface area contributed by atoms with Crippen LogP contribution in [-0.2, 0) is 19.1 Å². The smallest absolute Gasteiger partial charge is 0.318 e. The lowest BCUT2D eigenvalue weighted by Gasteiger charge is -2.31. The minimum absolute atomic E-state index is 0.0245. The molecule has 3 saturated heterocycles. The van der Waals surface area contributed by atoms with Gasteiger partial charge in [-0.15, -0.1) is 0 Å². The number of carbonyl (C=O) groups excluding carboxylic acids is 3. The number of hydrogen-bond donors (Lipinski definition) is 2. The lowest BCUT2D eigenvalue weighted by molar-refractivity contribution is -0.128. The molecule has 3 amide bonds. The molecule has 0 radical (unpaired) electrons. The molecule has 0 spiro atoms. The number of rotatable bonds is 8. The average molecular weight is 439 g/mol. The molecular formula is C22H38N4O5. The highest BCUT2D eigenvalue weighted by Crippen LogP contribution is 2.19. The highest BCUT2D eigenvalue weighted by Gasteiger charge is 2.40. The number of urea groups is 1. The van der Waals surface area contributed by atoms with Crippen molar-refractivity contribution in [1.82, 2.24) is 20.4 Å². The number of ketones is 1. The molecule has 2 N–H and O–H groups in total. The fourth-order valence-corrected chi connectivity index (χ4v) is 4.27. The van der Waals surface area contributed by atoms with Crippen molar-refractivity contribution in [2.45, 2.75) is 58.2 Å². The van der Waals surface area contributed by atoms with Crippen molar-refractivity contribution >= 4 is 17.7 Å². The van der Waals surface area contributed by atoms with Gasteiger partial charge in [0.2, 0.25) is 5.91 Å². The minimum Gasteiger partial charge on any atom is -0.378 e. The second-order valence-corrected chi connectivity index (χ2v) is 9.37. The van der Waals surface area contributed by atoms with Crippen LogP contribution in [0, 0.1) is 11.8 Å². The van der Waals surface area contributed by atoms with Crippen LogP contribution in [0.2, 0.25) is 0 Å². The summed E-state index contributed by atoms with van der Waals surface area (Å²) in [5.41, 5.74) is 0. The molecule has 176 valence electrons. The number of amides is 3. The highest BCUT2D eigenvalue weighted by atomic mass is 16.5. The van der Waals surface area contributed by atoms with Gasteiger partial charge in [-0.25, -0.2) is 4.79 Å². The Kier molecular flexibility index (Phi) is 8.68. The first kappa shape index (κ1) is 23.9. The largest absolute Gasteiger partial charge is 0.378 e. The Morgan fingerprint density at radius 1 is 1.10 bits per heavy atom. The molecule has 9 heteroatoms. The maximum absolute atomic E-state index is 13.2. The molecule has 0 aromatic heterocycles. The second-order valence-electron chi connectivity index (χ2n) is 9.37. The number of Topliss-reactive ketones (excluding diaryl/α,β-unsaturated/α-hetero) is 1. The van der Waals surface area contributed by atoms with E-state index in [0.717, 1.165) is 25.9 Å². The summed E-state index contributed by atoms with van der Waals surface area (Å²) in [6.45, 7) is 11.0. The number of ether oxygens (including phenoxy) is 2. The van der Waals surface area contributed by atoms with Crippen LogP contribution in [0.4, 0.5) is 4.79 Å². The fourth-order valence-electron chi connectivity index (χ4n) is 4.27. The molecule has 3 rings (SSSR count). The molecule has 0 bridgehead atoms. The summed E-state index contributed by atoms with van der Waals surface area (Å²) in [4.78, 5) is 42.4. The number of morpholine rings is 1. The van der Waals surface area contributed by atoms with Crippen molar-refractivity contribution in [1.29, 1.82) is 0 Å². The van der Waals surface area contributed by atoms with Crippen LogP contribution in [0.1, 0.15) is 40.0 Å². The molecule has 31 heavy (non-hydrogen) atoms. The molecule has 3 aliphatic heterocycles. The normalized spacial score (nSPS) is 26.8. The monoisotopic (exact) mass is 438 g/mol. The zero-order chi connectivity index (χ0) is 22.4. The van der Waals surface area contributed by atoms with Crippen LogP contribution >= 0.6 is 0 Å². The van der Waals surface area contributed by atoms with Gasteiger partial charge in [-0.3, -0.25) is 9.59 Å². The standard InChI is InChI=1S/C22H38N4O5/c1-15(2)16(3)12-17(23-22(29)26-8-10-30-11-9-26)21(28)24-20-18(27)14-31-19(20)13-25-6-4-5-7-25/h15-17,19-20H,4-14H2,1-3H3,(H,23,29)(H,24,28). The van der Waals surface area contributed by atoms with Crippen LogP contribution in [0.15, 0.2) is 0 Å². The van der Waals surface area contributed by atoms with Crippen molar-refractivity contribution < 1.29 is 23.9 Å². The lowest BCUT2D eigenvalue weighted by atomic mass is 9.90. The van der Waals surface area contributed by atoms with E-state index in [1.54, 1.807) is 4.90 Å². The summed E-state index contributed by atoms with van der Waals surface area (Å²) >= 11 is 0. The van der Waals surface area contributed by atoms with Gasteiger partial charge in [0.1, 0.15) is 18.7 Å². The van der Waals surface area contributed by atoms with Gasteiger partial charge >= 0.3 is 6.03 Å². The summed E-state index contributed by atoms with van der Waals surface area (Å²) in [6, 6.07) is -1.62. The van der Waals surface area contributed by atoms with Gasteiger partial charge in [0.25, 0.3) is 0 Å². The number of nitrogens with one attached hydrogen (secondary N) is 2. The van der Waals surface area contributed by atoms with Crippen molar-refractivity contribution in [3.63, 3.8) is 0 Å². The summed E-state index contributed by atoms with van der Waals surface area (Å²) < 4.78 is 11.0. The van der Waals surface area contributed by atoms with Crippen molar-refractivity contribution in [3.8, 4) is 0 Å². The molecule has 3 aliphatic rings. The van der Waals surface area contributed by atoms with E-state index in [9.17, 15) is 14.4 Å². The molecule has 3 heterocycles. The van der Waals surface area contributed by atoms with E-state index < -0.39 is 12.1 Å². The molecule has 4 atom stereocenters. The van der Waals surface area contributed by atoms with Gasteiger partial charge in [0, 0.05) is 19.6 Å². The zero-order valence-electron chi connectivity index (χ0n) is 19.1. The molecule has 3 fully saturated rings. The third kappa shape index (κ3) is 6.63. The Bertz CT molecular complexity index is 631. The Hall–Kier alpha value is -1.71. The third-order valence-electron chi connectivity index (χ3n) is 6.75. The van der Waals surface area contributed by atoms with Crippen LogP contribution < -0.4 is 10.6 Å².